The van der Waals surface area contributed by atoms with Crippen molar-refractivity contribution in [3.8, 4) is 0 Å². The van der Waals surface area contributed by atoms with E-state index in [1.165, 1.54) is 6.07 Å². The summed E-state index contributed by atoms with van der Waals surface area (Å²) in [7, 11) is 0. The van der Waals surface area contributed by atoms with E-state index >= 15 is 0 Å². The van der Waals surface area contributed by atoms with Crippen LogP contribution in [-0.4, -0.2) is 5.78 Å². The molecule has 0 saturated carbocycles. The minimum atomic E-state index is -0.390. The summed E-state index contributed by atoms with van der Waals surface area (Å²) in [6, 6.07) is 4.79. The Labute approximate surface area is 101 Å². The van der Waals surface area contributed by atoms with E-state index in [2.05, 4.69) is 0 Å². The van der Waals surface area contributed by atoms with E-state index in [0.717, 1.165) is 18.4 Å². The SMILES string of the molecule is CCCC(=O)CCCc1cccc(F)c1Cl. The van der Waals surface area contributed by atoms with E-state index < -0.39 is 0 Å². The van der Waals surface area contributed by atoms with Crippen LogP contribution in [0.4, 0.5) is 4.39 Å². The fraction of sp³-hybridized carbons (Fsp3) is 0.462. The van der Waals surface area contributed by atoms with Crippen molar-refractivity contribution >= 4 is 17.4 Å². The van der Waals surface area contributed by atoms with Crippen molar-refractivity contribution in [1.29, 1.82) is 0 Å². The maximum absolute atomic E-state index is 13.1. The van der Waals surface area contributed by atoms with Crippen LogP contribution in [0.25, 0.3) is 0 Å². The lowest BCUT2D eigenvalue weighted by Crippen LogP contribution is -1.98. The lowest BCUT2D eigenvalue weighted by Gasteiger charge is -2.04. The maximum atomic E-state index is 13.1. The van der Waals surface area contributed by atoms with E-state index in [1.54, 1.807) is 12.1 Å². The van der Waals surface area contributed by atoms with Crippen molar-refractivity contribution in [2.45, 2.75) is 39.0 Å². The molecule has 0 aliphatic carbocycles. The summed E-state index contributed by atoms with van der Waals surface area (Å²) in [5, 5.41) is 0.186. The highest BCUT2D eigenvalue weighted by molar-refractivity contribution is 6.31. The first-order chi connectivity index (χ1) is 7.65. The number of Topliss-reactive ketones (excluding diaryl/α,β-unsaturated/α-hetero) is 1. The van der Waals surface area contributed by atoms with Gasteiger partial charge in [-0.25, -0.2) is 4.39 Å². The zero-order chi connectivity index (χ0) is 12.0. The number of hydrogen-bond acceptors (Lipinski definition) is 1. The van der Waals surface area contributed by atoms with Crippen molar-refractivity contribution in [3.05, 3.63) is 34.6 Å². The number of aryl methyl sites for hydroxylation is 1. The molecule has 0 unspecified atom stereocenters. The third kappa shape index (κ3) is 3.93. The largest absolute Gasteiger partial charge is 0.300 e. The van der Waals surface area contributed by atoms with Gasteiger partial charge in [-0.2, -0.15) is 0 Å². The minimum absolute atomic E-state index is 0.186. The van der Waals surface area contributed by atoms with Crippen molar-refractivity contribution in [2.75, 3.05) is 0 Å². The van der Waals surface area contributed by atoms with Gasteiger partial charge in [0.1, 0.15) is 11.6 Å². The maximum Gasteiger partial charge on any atom is 0.142 e. The van der Waals surface area contributed by atoms with Crippen LogP contribution >= 0.6 is 11.6 Å². The van der Waals surface area contributed by atoms with Crippen molar-refractivity contribution < 1.29 is 9.18 Å². The molecule has 0 aliphatic rings. The number of rotatable bonds is 6. The lowest BCUT2D eigenvalue weighted by atomic mass is 10.0. The molecule has 16 heavy (non-hydrogen) atoms. The molecule has 0 fully saturated rings. The summed E-state index contributed by atoms with van der Waals surface area (Å²) in [6.07, 6.45) is 3.48. The number of carbonyl (C=O) groups is 1. The Kier molecular flexibility index (Phi) is 5.47. The normalized spacial score (nSPS) is 10.4. The topological polar surface area (TPSA) is 17.1 Å². The second-order valence-corrected chi connectivity index (χ2v) is 4.23. The van der Waals surface area contributed by atoms with Gasteiger partial charge in [0.2, 0.25) is 0 Å². The molecular weight excluding hydrogens is 227 g/mol. The molecule has 0 aromatic heterocycles. The van der Waals surface area contributed by atoms with Gasteiger partial charge in [-0.3, -0.25) is 4.79 Å². The van der Waals surface area contributed by atoms with E-state index in [4.69, 9.17) is 11.6 Å². The Morgan fingerprint density at radius 3 is 2.81 bits per heavy atom. The van der Waals surface area contributed by atoms with Gasteiger partial charge in [0, 0.05) is 12.8 Å². The number of carbonyl (C=O) groups excluding carboxylic acids is 1. The predicted molar refractivity (Wildman–Crippen MR) is 64.3 cm³/mol. The van der Waals surface area contributed by atoms with Gasteiger partial charge in [0.05, 0.1) is 5.02 Å². The van der Waals surface area contributed by atoms with Crippen LogP contribution in [0.1, 0.15) is 38.2 Å². The van der Waals surface area contributed by atoms with Crippen molar-refractivity contribution in [1.82, 2.24) is 0 Å². The summed E-state index contributed by atoms with van der Waals surface area (Å²) in [4.78, 5) is 11.3. The van der Waals surface area contributed by atoms with E-state index in [1.807, 2.05) is 6.92 Å². The van der Waals surface area contributed by atoms with Gasteiger partial charge in [-0.1, -0.05) is 30.7 Å². The Morgan fingerprint density at radius 2 is 2.12 bits per heavy atom. The molecule has 0 aliphatic heterocycles. The van der Waals surface area contributed by atoms with Crippen molar-refractivity contribution in [3.63, 3.8) is 0 Å². The lowest BCUT2D eigenvalue weighted by molar-refractivity contribution is -0.119. The van der Waals surface area contributed by atoms with Gasteiger partial charge in [0.15, 0.2) is 0 Å². The molecule has 1 aromatic carbocycles. The van der Waals surface area contributed by atoms with Gasteiger partial charge in [-0.05, 0) is 30.9 Å². The summed E-state index contributed by atoms with van der Waals surface area (Å²) in [6.45, 7) is 1.99. The zero-order valence-electron chi connectivity index (χ0n) is 9.43. The molecule has 0 N–H and O–H groups in total. The second kappa shape index (κ2) is 6.64. The molecule has 1 nitrogen and oxygen atoms in total. The van der Waals surface area contributed by atoms with Gasteiger partial charge in [-0.15, -0.1) is 0 Å². The Hall–Kier alpha value is -0.890. The molecule has 1 rings (SSSR count). The molecule has 1 aromatic rings. The fourth-order valence-electron chi connectivity index (χ4n) is 1.62. The molecule has 0 heterocycles. The zero-order valence-corrected chi connectivity index (χ0v) is 10.2. The first kappa shape index (κ1) is 13.2. The van der Waals surface area contributed by atoms with E-state index in [-0.39, 0.29) is 16.6 Å². The molecule has 0 radical (unpaired) electrons. The Bertz CT molecular complexity index is 363. The fourth-order valence-corrected chi connectivity index (χ4v) is 1.84. The minimum Gasteiger partial charge on any atom is -0.300 e. The van der Waals surface area contributed by atoms with Crippen LogP contribution in [0, 0.1) is 5.82 Å². The van der Waals surface area contributed by atoms with E-state index in [0.29, 0.717) is 19.3 Å². The monoisotopic (exact) mass is 242 g/mol. The Balaban J connectivity index is 2.43. The van der Waals surface area contributed by atoms with Crippen LogP contribution in [-0.2, 0) is 11.2 Å². The van der Waals surface area contributed by atoms with Gasteiger partial charge < -0.3 is 0 Å². The predicted octanol–water partition coefficient (Wildman–Crippen LogP) is 4.17. The van der Waals surface area contributed by atoms with Crippen LogP contribution in [0.5, 0.6) is 0 Å². The number of halogens is 2. The molecule has 0 bridgehead atoms. The third-order valence-corrected chi connectivity index (χ3v) is 2.89. The smallest absolute Gasteiger partial charge is 0.142 e. The van der Waals surface area contributed by atoms with Crippen LogP contribution < -0.4 is 0 Å². The highest BCUT2D eigenvalue weighted by atomic mass is 35.5. The summed E-state index contributed by atoms with van der Waals surface area (Å²) < 4.78 is 13.1. The number of ketones is 1. The van der Waals surface area contributed by atoms with Gasteiger partial charge >= 0.3 is 0 Å². The van der Waals surface area contributed by atoms with Crippen LogP contribution in [0.2, 0.25) is 5.02 Å². The molecule has 88 valence electrons. The molecular formula is C13H16ClFO. The second-order valence-electron chi connectivity index (χ2n) is 3.86. The average Bonchev–Trinajstić information content (AvgIpc) is 2.25. The summed E-state index contributed by atoms with van der Waals surface area (Å²) in [5.74, 6) is -0.117. The average molecular weight is 243 g/mol. The standard InChI is InChI=1S/C13H16ClFO/c1-2-5-11(16)8-3-6-10-7-4-9-12(15)13(10)14/h4,7,9H,2-3,5-6,8H2,1H3. The molecule has 0 atom stereocenters. The molecule has 3 heteroatoms. The first-order valence-electron chi connectivity index (χ1n) is 5.59. The molecule has 0 saturated heterocycles. The quantitative estimate of drug-likeness (QED) is 0.732. The number of benzene rings is 1. The Morgan fingerprint density at radius 1 is 1.38 bits per heavy atom. The molecule has 0 spiro atoms. The summed E-state index contributed by atoms with van der Waals surface area (Å²) in [5.41, 5.74) is 0.783. The highest BCUT2D eigenvalue weighted by Gasteiger charge is 2.06. The van der Waals surface area contributed by atoms with Crippen molar-refractivity contribution in [2.24, 2.45) is 0 Å². The van der Waals surface area contributed by atoms with Crippen LogP contribution in [0.3, 0.4) is 0 Å². The summed E-state index contributed by atoms with van der Waals surface area (Å²) >= 11 is 5.81. The van der Waals surface area contributed by atoms with Crippen LogP contribution in [0.15, 0.2) is 18.2 Å². The van der Waals surface area contributed by atoms with E-state index in [9.17, 15) is 9.18 Å². The number of hydrogen-bond donors (Lipinski definition) is 0. The highest BCUT2D eigenvalue weighted by Crippen LogP contribution is 2.21. The third-order valence-electron chi connectivity index (χ3n) is 2.46. The van der Waals surface area contributed by atoms with Gasteiger partial charge in [0.25, 0.3) is 0 Å². The molecule has 0 amide bonds. The first-order valence-corrected chi connectivity index (χ1v) is 5.97.